The van der Waals surface area contributed by atoms with E-state index in [0.717, 1.165) is 31.0 Å². The lowest BCUT2D eigenvalue weighted by atomic mass is 10.0. The molecule has 2 heterocycles. The number of nitrogens with one attached hydrogen (secondary N) is 1. The smallest absolute Gasteiger partial charge is 0.251 e. The van der Waals surface area contributed by atoms with Gasteiger partial charge in [0, 0.05) is 29.7 Å². The van der Waals surface area contributed by atoms with Gasteiger partial charge in [-0.2, -0.15) is 0 Å². The summed E-state index contributed by atoms with van der Waals surface area (Å²) in [6.45, 7) is 1.25. The fourth-order valence-electron chi connectivity index (χ4n) is 3.13. The minimum Gasteiger partial charge on any atom is -0.345 e. The lowest BCUT2D eigenvalue weighted by Gasteiger charge is -2.07. The van der Waals surface area contributed by atoms with Crippen molar-refractivity contribution in [2.75, 3.05) is 0 Å². The molecule has 0 unspecified atom stereocenters. The van der Waals surface area contributed by atoms with Crippen LogP contribution in [0.3, 0.4) is 0 Å². The highest BCUT2D eigenvalue weighted by molar-refractivity contribution is 6.09. The SMILES string of the molecule is O=C(NCc1nnc2n1CCC2)c1ccc(C(=O)c2ccccc2)cc1. The van der Waals surface area contributed by atoms with Crippen molar-refractivity contribution in [3.63, 3.8) is 0 Å². The lowest BCUT2D eigenvalue weighted by Crippen LogP contribution is -2.24. The minimum atomic E-state index is -0.195. The second kappa shape index (κ2) is 6.92. The zero-order valence-electron chi connectivity index (χ0n) is 14.2. The van der Waals surface area contributed by atoms with Crippen LogP contribution in [-0.4, -0.2) is 26.5 Å². The molecule has 1 aromatic heterocycles. The van der Waals surface area contributed by atoms with Crippen LogP contribution in [0.5, 0.6) is 0 Å². The molecule has 0 atom stereocenters. The highest BCUT2D eigenvalue weighted by Crippen LogP contribution is 2.14. The van der Waals surface area contributed by atoms with Crippen molar-refractivity contribution in [1.29, 1.82) is 0 Å². The molecular formula is C20H18N4O2. The molecular weight excluding hydrogens is 328 g/mol. The van der Waals surface area contributed by atoms with Gasteiger partial charge in [-0.15, -0.1) is 10.2 Å². The molecule has 130 valence electrons. The normalized spacial score (nSPS) is 12.6. The average molecular weight is 346 g/mol. The highest BCUT2D eigenvalue weighted by atomic mass is 16.1. The number of nitrogens with zero attached hydrogens (tertiary/aromatic N) is 3. The number of aromatic nitrogens is 3. The third-order valence-corrected chi connectivity index (χ3v) is 4.54. The molecule has 0 fully saturated rings. The first-order valence-electron chi connectivity index (χ1n) is 8.61. The predicted molar refractivity (Wildman–Crippen MR) is 95.8 cm³/mol. The van der Waals surface area contributed by atoms with Crippen molar-refractivity contribution in [3.8, 4) is 0 Å². The first-order valence-corrected chi connectivity index (χ1v) is 8.61. The number of hydrogen-bond acceptors (Lipinski definition) is 4. The molecule has 1 amide bonds. The molecule has 0 saturated heterocycles. The summed E-state index contributed by atoms with van der Waals surface area (Å²) >= 11 is 0. The fourth-order valence-corrected chi connectivity index (χ4v) is 3.13. The van der Waals surface area contributed by atoms with Crippen LogP contribution in [-0.2, 0) is 19.5 Å². The van der Waals surface area contributed by atoms with E-state index in [4.69, 9.17) is 0 Å². The van der Waals surface area contributed by atoms with E-state index in [1.165, 1.54) is 0 Å². The third kappa shape index (κ3) is 3.13. The molecule has 1 aliphatic heterocycles. The number of benzene rings is 2. The molecule has 4 rings (SSSR count). The minimum absolute atomic E-state index is 0.0587. The van der Waals surface area contributed by atoms with Gasteiger partial charge < -0.3 is 9.88 Å². The molecule has 0 saturated carbocycles. The molecule has 6 nitrogen and oxygen atoms in total. The Labute approximate surface area is 150 Å². The number of ketones is 1. The molecule has 0 bridgehead atoms. The number of amides is 1. The number of carbonyl (C=O) groups is 2. The summed E-state index contributed by atoms with van der Waals surface area (Å²) in [7, 11) is 0. The maximum atomic E-state index is 12.4. The van der Waals surface area contributed by atoms with Crippen LogP contribution in [0, 0.1) is 0 Å². The van der Waals surface area contributed by atoms with Crippen LogP contribution >= 0.6 is 0 Å². The first kappa shape index (κ1) is 16.2. The van der Waals surface area contributed by atoms with Crippen LogP contribution in [0.15, 0.2) is 54.6 Å². The van der Waals surface area contributed by atoms with Gasteiger partial charge in [0.15, 0.2) is 11.6 Å². The standard InChI is InChI=1S/C20H18N4O2/c25-19(14-5-2-1-3-6-14)15-8-10-16(11-9-15)20(26)21-13-18-23-22-17-7-4-12-24(17)18/h1-3,5-6,8-11H,4,7,12-13H2,(H,21,26). The second-order valence-electron chi connectivity index (χ2n) is 6.24. The summed E-state index contributed by atoms with van der Waals surface area (Å²) in [5, 5.41) is 11.1. The summed E-state index contributed by atoms with van der Waals surface area (Å²) in [5.74, 6) is 1.51. The van der Waals surface area contributed by atoms with Crippen LogP contribution in [0.1, 0.15) is 44.3 Å². The van der Waals surface area contributed by atoms with E-state index >= 15 is 0 Å². The van der Waals surface area contributed by atoms with Crippen LogP contribution in [0.4, 0.5) is 0 Å². The van der Waals surface area contributed by atoms with E-state index in [-0.39, 0.29) is 11.7 Å². The van der Waals surface area contributed by atoms with Gasteiger partial charge in [-0.05, 0) is 18.6 Å². The largest absolute Gasteiger partial charge is 0.345 e. The van der Waals surface area contributed by atoms with Gasteiger partial charge in [0.25, 0.3) is 5.91 Å². The van der Waals surface area contributed by atoms with Gasteiger partial charge in [0.2, 0.25) is 0 Å². The number of hydrogen-bond donors (Lipinski definition) is 1. The Hall–Kier alpha value is -3.28. The molecule has 0 radical (unpaired) electrons. The Balaban J connectivity index is 1.41. The van der Waals surface area contributed by atoms with Crippen molar-refractivity contribution in [1.82, 2.24) is 20.1 Å². The summed E-state index contributed by atoms with van der Waals surface area (Å²) < 4.78 is 2.06. The fraction of sp³-hybridized carbons (Fsp3) is 0.200. The summed E-state index contributed by atoms with van der Waals surface area (Å²) in [6, 6.07) is 15.8. The molecule has 3 aromatic rings. The van der Waals surface area contributed by atoms with Crippen molar-refractivity contribution in [3.05, 3.63) is 82.9 Å². The molecule has 26 heavy (non-hydrogen) atoms. The topological polar surface area (TPSA) is 76.9 Å². The van der Waals surface area contributed by atoms with Crippen molar-refractivity contribution in [2.24, 2.45) is 0 Å². The van der Waals surface area contributed by atoms with Crippen molar-refractivity contribution >= 4 is 11.7 Å². The van der Waals surface area contributed by atoms with Crippen molar-refractivity contribution < 1.29 is 9.59 Å². The van der Waals surface area contributed by atoms with E-state index in [2.05, 4.69) is 20.1 Å². The number of fused-ring (bicyclic) bond motifs is 1. The lowest BCUT2D eigenvalue weighted by molar-refractivity contribution is 0.0948. The third-order valence-electron chi connectivity index (χ3n) is 4.54. The number of rotatable bonds is 5. The average Bonchev–Trinajstić information content (AvgIpc) is 3.30. The number of carbonyl (C=O) groups excluding carboxylic acids is 2. The Morgan fingerprint density at radius 3 is 2.38 bits per heavy atom. The van der Waals surface area contributed by atoms with Gasteiger partial charge in [-0.3, -0.25) is 9.59 Å². The molecule has 1 N–H and O–H groups in total. The van der Waals surface area contributed by atoms with E-state index in [9.17, 15) is 9.59 Å². The van der Waals surface area contributed by atoms with E-state index in [0.29, 0.717) is 23.2 Å². The Morgan fingerprint density at radius 1 is 0.923 bits per heavy atom. The predicted octanol–water partition coefficient (Wildman–Crippen LogP) is 2.39. The molecule has 1 aliphatic rings. The Bertz CT molecular complexity index is 946. The van der Waals surface area contributed by atoms with Crippen LogP contribution in [0.25, 0.3) is 0 Å². The first-order chi connectivity index (χ1) is 12.7. The van der Waals surface area contributed by atoms with Gasteiger partial charge in [0.1, 0.15) is 5.82 Å². The van der Waals surface area contributed by atoms with Gasteiger partial charge in [-0.1, -0.05) is 42.5 Å². The Morgan fingerprint density at radius 2 is 1.62 bits per heavy atom. The molecule has 2 aromatic carbocycles. The van der Waals surface area contributed by atoms with Gasteiger partial charge >= 0.3 is 0 Å². The van der Waals surface area contributed by atoms with Gasteiger partial charge in [0.05, 0.1) is 6.54 Å². The maximum Gasteiger partial charge on any atom is 0.251 e. The summed E-state index contributed by atoms with van der Waals surface area (Å²) in [4.78, 5) is 24.7. The second-order valence-corrected chi connectivity index (χ2v) is 6.24. The zero-order chi connectivity index (χ0) is 17.9. The quantitative estimate of drug-likeness (QED) is 0.720. The maximum absolute atomic E-state index is 12.4. The van der Waals surface area contributed by atoms with Crippen LogP contribution < -0.4 is 5.32 Å². The van der Waals surface area contributed by atoms with E-state index in [1.807, 2.05) is 18.2 Å². The highest BCUT2D eigenvalue weighted by Gasteiger charge is 2.18. The summed E-state index contributed by atoms with van der Waals surface area (Å²) in [5.41, 5.74) is 1.70. The monoisotopic (exact) mass is 346 g/mol. The Kier molecular flexibility index (Phi) is 4.31. The zero-order valence-corrected chi connectivity index (χ0v) is 14.2. The van der Waals surface area contributed by atoms with E-state index in [1.54, 1.807) is 36.4 Å². The van der Waals surface area contributed by atoms with Gasteiger partial charge in [-0.25, -0.2) is 0 Å². The van der Waals surface area contributed by atoms with Crippen molar-refractivity contribution in [2.45, 2.75) is 25.9 Å². The molecule has 0 aliphatic carbocycles. The summed E-state index contributed by atoms with van der Waals surface area (Å²) in [6.07, 6.45) is 2.01. The number of aryl methyl sites for hydroxylation is 1. The molecule has 0 spiro atoms. The van der Waals surface area contributed by atoms with E-state index < -0.39 is 0 Å². The molecule has 6 heteroatoms. The van der Waals surface area contributed by atoms with Crippen LogP contribution in [0.2, 0.25) is 0 Å².